The zero-order valence-corrected chi connectivity index (χ0v) is 16.3. The van der Waals surface area contributed by atoms with Gasteiger partial charge in [-0.25, -0.2) is 9.78 Å². The minimum Gasteiger partial charge on any atom is -0.485 e. The van der Waals surface area contributed by atoms with E-state index >= 15 is 0 Å². The van der Waals surface area contributed by atoms with Crippen LogP contribution in [0.1, 0.15) is 43.2 Å². The number of hydrogen-bond donors (Lipinski definition) is 1. The van der Waals surface area contributed by atoms with Gasteiger partial charge in [0.05, 0.1) is 5.56 Å². The van der Waals surface area contributed by atoms with E-state index in [9.17, 15) is 4.79 Å². The second-order valence-corrected chi connectivity index (χ2v) is 5.93. The van der Waals surface area contributed by atoms with E-state index in [4.69, 9.17) is 9.84 Å². The van der Waals surface area contributed by atoms with Crippen molar-refractivity contribution in [1.82, 2.24) is 4.98 Å². The molecule has 0 aliphatic rings. The van der Waals surface area contributed by atoms with Gasteiger partial charge in [-0.1, -0.05) is 44.7 Å². The first-order valence-corrected chi connectivity index (χ1v) is 9.33. The second-order valence-electron chi connectivity index (χ2n) is 5.08. The fourth-order valence-electron chi connectivity index (χ4n) is 1.96. The van der Waals surface area contributed by atoms with Gasteiger partial charge < -0.3 is 9.84 Å². The smallest absolute Gasteiger partial charge is 0.335 e. The lowest BCUT2D eigenvalue weighted by Crippen LogP contribution is -2.03. The summed E-state index contributed by atoms with van der Waals surface area (Å²) in [6.07, 6.45) is 5.94. The molecule has 1 atom stereocenters. The van der Waals surface area contributed by atoms with Crippen LogP contribution in [0.25, 0.3) is 16.3 Å². The molecule has 138 valence electrons. The maximum atomic E-state index is 11.1. The Balaban J connectivity index is 0.00000163. The van der Waals surface area contributed by atoms with Gasteiger partial charge >= 0.3 is 5.97 Å². The van der Waals surface area contributed by atoms with Gasteiger partial charge in [-0.2, -0.15) is 0 Å². The summed E-state index contributed by atoms with van der Waals surface area (Å²) in [5, 5.41) is 11.7. The molecule has 0 saturated heterocycles. The number of aromatic nitrogens is 1. The third kappa shape index (κ3) is 6.01. The summed E-state index contributed by atoms with van der Waals surface area (Å²) in [6.45, 7) is 13.3. The molecule has 0 radical (unpaired) electrons. The Kier molecular flexibility index (Phi) is 9.09. The summed E-state index contributed by atoms with van der Waals surface area (Å²) in [4.78, 5) is 15.7. The second kappa shape index (κ2) is 11.1. The molecule has 0 spiro atoms. The van der Waals surface area contributed by atoms with E-state index in [-0.39, 0.29) is 11.7 Å². The number of aromatic carboxylic acids is 1. The molecule has 0 fully saturated rings. The van der Waals surface area contributed by atoms with Crippen LogP contribution in [0.4, 0.5) is 0 Å². The van der Waals surface area contributed by atoms with Crippen molar-refractivity contribution in [3.8, 4) is 10.6 Å². The Labute approximate surface area is 159 Å². The molecule has 1 aromatic heterocycles. The first-order valence-electron chi connectivity index (χ1n) is 8.45. The number of carboxylic acid groups (broad SMARTS) is 1. The van der Waals surface area contributed by atoms with Crippen LogP contribution in [-0.2, 0) is 4.74 Å². The highest BCUT2D eigenvalue weighted by Crippen LogP contribution is 2.28. The summed E-state index contributed by atoms with van der Waals surface area (Å²) in [6, 6.07) is 6.73. The van der Waals surface area contributed by atoms with Crippen molar-refractivity contribution in [2.75, 3.05) is 0 Å². The highest BCUT2D eigenvalue weighted by Gasteiger charge is 2.13. The molecule has 1 unspecified atom stereocenters. The van der Waals surface area contributed by atoms with Gasteiger partial charge in [0.25, 0.3) is 0 Å². The number of rotatable bonds is 8. The van der Waals surface area contributed by atoms with Crippen LogP contribution < -0.4 is 0 Å². The van der Waals surface area contributed by atoms with Crippen molar-refractivity contribution < 1.29 is 14.6 Å². The minimum atomic E-state index is -0.955. The Morgan fingerprint density at radius 3 is 2.73 bits per heavy atom. The zero-order chi connectivity index (χ0) is 19.5. The summed E-state index contributed by atoms with van der Waals surface area (Å²) in [5.41, 5.74) is 1.72. The van der Waals surface area contributed by atoms with Gasteiger partial charge in [0.15, 0.2) is 0 Å². The zero-order valence-electron chi connectivity index (χ0n) is 15.4. The average molecular weight is 372 g/mol. The van der Waals surface area contributed by atoms with Crippen molar-refractivity contribution in [3.63, 3.8) is 0 Å². The monoisotopic (exact) mass is 371 g/mol. The number of nitrogens with zero attached hydrogens (tertiary/aromatic N) is 1. The molecule has 26 heavy (non-hydrogen) atoms. The van der Waals surface area contributed by atoms with Gasteiger partial charge in [-0.3, -0.25) is 0 Å². The summed E-state index contributed by atoms with van der Waals surface area (Å²) < 4.78 is 5.84. The van der Waals surface area contributed by atoms with Crippen molar-refractivity contribution in [2.24, 2.45) is 0 Å². The van der Waals surface area contributed by atoms with E-state index in [1.807, 2.05) is 38.3 Å². The molecule has 0 aliphatic heterocycles. The Hall–Kier alpha value is -2.66. The molecule has 2 aromatic rings. The quantitative estimate of drug-likeness (QED) is 0.454. The number of benzene rings is 1. The molecule has 2 rings (SSSR count). The molecule has 1 N–H and O–H groups in total. The molecule has 0 amide bonds. The van der Waals surface area contributed by atoms with Gasteiger partial charge in [-0.15, -0.1) is 17.9 Å². The molecule has 5 heteroatoms. The highest BCUT2D eigenvalue weighted by atomic mass is 32.1. The standard InChI is InChI=1S/C19H19NO3S.C2H6/c1-4-6-10-17(23-13(3)5-2)16-12-24-18(20-16)14-8-7-9-15(11-14)19(21)22;1-2/h4-5,7-13H,1-2,6H2,3H3,(H,21,22);1-2H3/b17-10-;. The van der Waals surface area contributed by atoms with E-state index < -0.39 is 5.97 Å². The fraction of sp³-hybridized carbons (Fsp3) is 0.238. The number of ether oxygens (including phenoxy) is 1. The Morgan fingerprint density at radius 2 is 2.12 bits per heavy atom. The van der Waals surface area contributed by atoms with Crippen LogP contribution in [0.2, 0.25) is 0 Å². The number of carbonyl (C=O) groups is 1. The van der Waals surface area contributed by atoms with Crippen LogP contribution >= 0.6 is 11.3 Å². The number of carboxylic acids is 1. The normalized spacial score (nSPS) is 11.7. The molecule has 0 aliphatic carbocycles. The van der Waals surface area contributed by atoms with Gasteiger partial charge in [0.2, 0.25) is 0 Å². The average Bonchev–Trinajstić information content (AvgIpc) is 3.16. The topological polar surface area (TPSA) is 59.4 Å². The molecule has 1 aromatic carbocycles. The van der Waals surface area contributed by atoms with Gasteiger partial charge in [-0.05, 0) is 31.6 Å². The van der Waals surface area contributed by atoms with E-state index in [2.05, 4.69) is 18.1 Å². The largest absolute Gasteiger partial charge is 0.485 e. The summed E-state index contributed by atoms with van der Waals surface area (Å²) in [7, 11) is 0. The highest BCUT2D eigenvalue weighted by molar-refractivity contribution is 7.13. The first-order chi connectivity index (χ1) is 12.5. The van der Waals surface area contributed by atoms with E-state index in [1.54, 1.807) is 30.4 Å². The number of hydrogen-bond acceptors (Lipinski definition) is 4. The molecule has 1 heterocycles. The van der Waals surface area contributed by atoms with E-state index in [1.165, 1.54) is 11.3 Å². The van der Waals surface area contributed by atoms with Crippen molar-refractivity contribution in [2.45, 2.75) is 33.3 Å². The van der Waals surface area contributed by atoms with Crippen LogP contribution in [0.15, 0.2) is 61.0 Å². The van der Waals surface area contributed by atoms with E-state index in [0.29, 0.717) is 17.9 Å². The minimum absolute atomic E-state index is 0.137. The van der Waals surface area contributed by atoms with E-state index in [0.717, 1.165) is 10.6 Å². The molecule has 4 nitrogen and oxygen atoms in total. The van der Waals surface area contributed by atoms with Crippen LogP contribution in [0, 0.1) is 0 Å². The maximum Gasteiger partial charge on any atom is 0.335 e. The van der Waals surface area contributed by atoms with Crippen LogP contribution in [0.5, 0.6) is 0 Å². The van der Waals surface area contributed by atoms with Crippen molar-refractivity contribution in [3.05, 3.63) is 72.3 Å². The number of thiazole rings is 1. The predicted molar refractivity (Wildman–Crippen MR) is 109 cm³/mol. The summed E-state index contributed by atoms with van der Waals surface area (Å²) in [5.74, 6) is -0.289. The Morgan fingerprint density at radius 1 is 1.38 bits per heavy atom. The predicted octanol–water partition coefficient (Wildman–Crippen LogP) is 6.04. The maximum absolute atomic E-state index is 11.1. The molecular weight excluding hydrogens is 346 g/mol. The Bertz CT molecular complexity index is 777. The third-order valence-electron chi connectivity index (χ3n) is 3.23. The third-order valence-corrected chi connectivity index (χ3v) is 4.12. The van der Waals surface area contributed by atoms with Crippen molar-refractivity contribution in [1.29, 1.82) is 0 Å². The number of allylic oxidation sites excluding steroid dienone is 2. The molecule has 0 bridgehead atoms. The van der Waals surface area contributed by atoms with Gasteiger partial charge in [0, 0.05) is 10.9 Å². The van der Waals surface area contributed by atoms with Crippen LogP contribution in [0.3, 0.4) is 0 Å². The first kappa shape index (κ1) is 21.4. The fourth-order valence-corrected chi connectivity index (χ4v) is 2.76. The molecule has 0 saturated carbocycles. The lowest BCUT2D eigenvalue weighted by atomic mass is 10.1. The van der Waals surface area contributed by atoms with Crippen LogP contribution in [-0.4, -0.2) is 22.2 Å². The molecular formula is C21H25NO3S. The SMILES string of the molecule is C=CC/C=C(\OC(C)C=C)c1csc(-c2cccc(C(=O)O)c2)n1.CC. The van der Waals surface area contributed by atoms with Crippen molar-refractivity contribution >= 4 is 23.1 Å². The summed E-state index contributed by atoms with van der Waals surface area (Å²) >= 11 is 1.44. The lowest BCUT2D eigenvalue weighted by Gasteiger charge is -2.12. The lowest BCUT2D eigenvalue weighted by molar-refractivity contribution is 0.0697. The van der Waals surface area contributed by atoms with Gasteiger partial charge in [0.1, 0.15) is 22.6 Å².